The Morgan fingerprint density at radius 3 is 2.35 bits per heavy atom. The molecule has 0 unspecified atom stereocenters. The van der Waals surface area contributed by atoms with Crippen LogP contribution in [0.2, 0.25) is 0 Å². The third-order valence-corrected chi connectivity index (χ3v) is 3.00. The monoisotopic (exact) mass is 233 g/mol. The number of amides is 1. The lowest BCUT2D eigenvalue weighted by molar-refractivity contribution is -0.120. The second-order valence-electron chi connectivity index (χ2n) is 4.33. The number of rotatable bonds is 3. The maximum atomic E-state index is 11.1. The molecular weight excluding hydrogens is 218 g/mol. The third kappa shape index (κ3) is 2.29. The normalized spacial score (nSPS) is 16.1. The third-order valence-electron chi connectivity index (χ3n) is 3.00. The number of hydrogen-bond acceptors (Lipinski definition) is 3. The average molecular weight is 233 g/mol. The summed E-state index contributed by atoms with van der Waals surface area (Å²) in [5, 5.41) is 19.0. The number of hydroxylamine groups is 1. The molecule has 0 spiro atoms. The van der Waals surface area contributed by atoms with Crippen LogP contribution in [0.3, 0.4) is 0 Å². The van der Waals surface area contributed by atoms with E-state index >= 15 is 0 Å². The molecule has 2 rings (SSSR count). The number of carbonyl (C=O) groups excluding carboxylic acids is 1. The zero-order valence-corrected chi connectivity index (χ0v) is 9.58. The fourth-order valence-corrected chi connectivity index (χ4v) is 1.97. The van der Waals surface area contributed by atoms with E-state index in [2.05, 4.69) is 5.32 Å². The topological polar surface area (TPSA) is 85.2 Å². The van der Waals surface area contributed by atoms with Crippen molar-refractivity contribution in [2.45, 2.75) is 25.3 Å². The molecule has 5 nitrogen and oxygen atoms in total. The van der Waals surface area contributed by atoms with Crippen LogP contribution in [0, 0.1) is 5.41 Å². The minimum absolute atomic E-state index is 0.0312. The van der Waals surface area contributed by atoms with Crippen LogP contribution >= 0.6 is 0 Å². The van der Waals surface area contributed by atoms with E-state index in [4.69, 9.17) is 10.6 Å². The van der Waals surface area contributed by atoms with Crippen LogP contribution < -0.4 is 10.8 Å². The maximum Gasteiger partial charge on any atom is 0.217 e. The van der Waals surface area contributed by atoms with Crippen LogP contribution in [0.25, 0.3) is 0 Å². The Labute approximate surface area is 99.3 Å². The van der Waals surface area contributed by atoms with Crippen molar-refractivity contribution in [3.05, 3.63) is 35.4 Å². The van der Waals surface area contributed by atoms with Crippen molar-refractivity contribution in [2.75, 3.05) is 0 Å². The summed E-state index contributed by atoms with van der Waals surface area (Å²) in [4.78, 5) is 11.1. The van der Waals surface area contributed by atoms with E-state index in [0.29, 0.717) is 5.56 Å². The van der Waals surface area contributed by atoms with Crippen LogP contribution in [-0.4, -0.2) is 17.0 Å². The highest BCUT2D eigenvalue weighted by atomic mass is 16.5. The van der Waals surface area contributed by atoms with Gasteiger partial charge in [-0.2, -0.15) is 0 Å². The Bertz CT molecular complexity index is 449. The van der Waals surface area contributed by atoms with Gasteiger partial charge in [0.15, 0.2) is 0 Å². The van der Waals surface area contributed by atoms with Crippen molar-refractivity contribution in [1.82, 2.24) is 10.8 Å². The minimum atomic E-state index is -0.209. The van der Waals surface area contributed by atoms with Crippen molar-refractivity contribution in [1.29, 1.82) is 5.41 Å². The minimum Gasteiger partial charge on any atom is -0.347 e. The molecule has 0 bridgehead atoms. The summed E-state index contributed by atoms with van der Waals surface area (Å²) in [5.41, 5.74) is 3.24. The Balaban J connectivity index is 2.18. The molecule has 90 valence electrons. The molecule has 1 aliphatic carbocycles. The summed E-state index contributed by atoms with van der Waals surface area (Å²) in [5.74, 6) is -0.0720. The number of hydrogen-bond donors (Lipinski definition) is 4. The first kappa shape index (κ1) is 11.6. The molecule has 1 saturated carbocycles. The molecule has 1 aliphatic rings. The molecule has 0 heterocycles. The number of benzene rings is 1. The first-order valence-electron chi connectivity index (χ1n) is 5.46. The van der Waals surface area contributed by atoms with Crippen molar-refractivity contribution in [3.63, 3.8) is 0 Å². The van der Waals surface area contributed by atoms with Crippen molar-refractivity contribution >= 4 is 11.7 Å². The zero-order valence-electron chi connectivity index (χ0n) is 9.58. The molecule has 1 fully saturated rings. The molecule has 0 aromatic heterocycles. The van der Waals surface area contributed by atoms with Gasteiger partial charge in [0.2, 0.25) is 5.91 Å². The van der Waals surface area contributed by atoms with Gasteiger partial charge in [-0.1, -0.05) is 24.3 Å². The van der Waals surface area contributed by atoms with E-state index in [-0.39, 0.29) is 17.3 Å². The van der Waals surface area contributed by atoms with E-state index in [1.165, 1.54) is 6.92 Å². The summed E-state index contributed by atoms with van der Waals surface area (Å²) in [6, 6.07) is 7.26. The molecule has 4 N–H and O–H groups in total. The number of nitrogens with one attached hydrogen (secondary N) is 3. The lowest BCUT2D eigenvalue weighted by Gasteiger charge is -2.17. The van der Waals surface area contributed by atoms with Crippen LogP contribution in [0.5, 0.6) is 0 Å². The first-order chi connectivity index (χ1) is 8.07. The SMILES string of the molecule is CC(=O)NC1(c2ccc(C(=N)NO)cc2)CC1. The smallest absolute Gasteiger partial charge is 0.217 e. The average Bonchev–Trinajstić information content (AvgIpc) is 3.08. The van der Waals surface area contributed by atoms with E-state index < -0.39 is 0 Å². The second-order valence-corrected chi connectivity index (χ2v) is 4.33. The molecule has 1 aromatic rings. The summed E-state index contributed by atoms with van der Waals surface area (Å²) < 4.78 is 0. The second kappa shape index (κ2) is 4.18. The van der Waals surface area contributed by atoms with Crippen molar-refractivity contribution in [3.8, 4) is 0 Å². The van der Waals surface area contributed by atoms with Crippen molar-refractivity contribution in [2.24, 2.45) is 0 Å². The van der Waals surface area contributed by atoms with Crippen LogP contribution in [0.4, 0.5) is 0 Å². The van der Waals surface area contributed by atoms with E-state index in [0.717, 1.165) is 18.4 Å². The van der Waals surface area contributed by atoms with Crippen LogP contribution in [0.1, 0.15) is 30.9 Å². The van der Waals surface area contributed by atoms with Gasteiger partial charge in [-0.05, 0) is 18.4 Å². The summed E-state index contributed by atoms with van der Waals surface area (Å²) in [7, 11) is 0. The lowest BCUT2D eigenvalue weighted by Crippen LogP contribution is -2.32. The van der Waals surface area contributed by atoms with Gasteiger partial charge < -0.3 is 5.32 Å². The molecule has 0 radical (unpaired) electrons. The highest BCUT2D eigenvalue weighted by Crippen LogP contribution is 2.45. The molecule has 0 saturated heterocycles. The molecule has 0 atom stereocenters. The van der Waals surface area contributed by atoms with Gasteiger partial charge in [-0.3, -0.25) is 20.9 Å². The zero-order chi connectivity index (χ0) is 12.5. The molecule has 5 heteroatoms. The summed E-state index contributed by atoms with van der Waals surface area (Å²) in [6.45, 7) is 1.51. The molecule has 17 heavy (non-hydrogen) atoms. The Morgan fingerprint density at radius 2 is 1.94 bits per heavy atom. The number of amidine groups is 1. The van der Waals surface area contributed by atoms with Gasteiger partial charge in [-0.25, -0.2) is 0 Å². The van der Waals surface area contributed by atoms with Gasteiger partial charge in [-0.15, -0.1) is 0 Å². The van der Waals surface area contributed by atoms with E-state index in [1.54, 1.807) is 17.6 Å². The summed E-state index contributed by atoms with van der Waals surface area (Å²) >= 11 is 0. The predicted molar refractivity (Wildman–Crippen MR) is 62.9 cm³/mol. The lowest BCUT2D eigenvalue weighted by atomic mass is 10.0. The largest absolute Gasteiger partial charge is 0.347 e. The molecule has 1 amide bonds. The Kier molecular flexibility index (Phi) is 2.85. The van der Waals surface area contributed by atoms with Gasteiger partial charge in [0.25, 0.3) is 0 Å². The van der Waals surface area contributed by atoms with Gasteiger partial charge in [0, 0.05) is 12.5 Å². The molecule has 0 aliphatic heterocycles. The quantitative estimate of drug-likeness (QED) is 0.358. The maximum absolute atomic E-state index is 11.1. The predicted octanol–water partition coefficient (Wildman–Crippen LogP) is 1.12. The van der Waals surface area contributed by atoms with E-state index in [1.807, 2.05) is 12.1 Å². The Morgan fingerprint density at radius 1 is 1.35 bits per heavy atom. The standard InChI is InChI=1S/C12H15N3O2/c1-8(16)14-12(6-7-12)10-4-2-9(3-5-10)11(13)15-17/h2-5,17H,6-7H2,1H3,(H2,13,15)(H,14,16). The highest BCUT2D eigenvalue weighted by molar-refractivity contribution is 5.95. The Hall–Kier alpha value is -1.88. The fourth-order valence-electron chi connectivity index (χ4n) is 1.97. The molecular formula is C12H15N3O2. The van der Waals surface area contributed by atoms with Crippen molar-refractivity contribution < 1.29 is 10.0 Å². The van der Waals surface area contributed by atoms with Crippen LogP contribution in [0.15, 0.2) is 24.3 Å². The number of carbonyl (C=O) groups is 1. The molecule has 1 aromatic carbocycles. The van der Waals surface area contributed by atoms with Gasteiger partial charge in [0.05, 0.1) is 5.54 Å². The summed E-state index contributed by atoms with van der Waals surface area (Å²) in [6.07, 6.45) is 1.89. The first-order valence-corrected chi connectivity index (χ1v) is 5.46. The van der Waals surface area contributed by atoms with Gasteiger partial charge >= 0.3 is 0 Å². The van der Waals surface area contributed by atoms with Crippen LogP contribution in [-0.2, 0) is 10.3 Å². The van der Waals surface area contributed by atoms with Gasteiger partial charge in [0.1, 0.15) is 5.84 Å². The van der Waals surface area contributed by atoms with E-state index in [9.17, 15) is 4.79 Å². The highest BCUT2D eigenvalue weighted by Gasteiger charge is 2.44. The fraction of sp³-hybridized carbons (Fsp3) is 0.333.